The predicted octanol–water partition coefficient (Wildman–Crippen LogP) is 2.96. The van der Waals surface area contributed by atoms with Gasteiger partial charge in [0.15, 0.2) is 0 Å². The molecule has 3 heteroatoms. The lowest BCUT2D eigenvalue weighted by Gasteiger charge is -2.26. The summed E-state index contributed by atoms with van der Waals surface area (Å²) < 4.78 is 0. The third-order valence-electron chi connectivity index (χ3n) is 3.49. The molecule has 114 valence electrons. The third-order valence-corrected chi connectivity index (χ3v) is 3.49. The molecule has 20 heavy (non-hydrogen) atoms. The molecule has 3 nitrogen and oxygen atoms in total. The molecule has 0 atom stereocenters. The first-order valence-corrected chi connectivity index (χ1v) is 7.87. The van der Waals surface area contributed by atoms with Gasteiger partial charge in [-0.05, 0) is 58.6 Å². The summed E-state index contributed by atoms with van der Waals surface area (Å²) in [5, 5.41) is 3.51. The zero-order valence-corrected chi connectivity index (χ0v) is 13.7. The van der Waals surface area contributed by atoms with Gasteiger partial charge < -0.3 is 15.1 Å². The number of benzene rings is 1. The molecule has 0 aliphatic heterocycles. The highest BCUT2D eigenvalue weighted by Gasteiger charge is 2.08. The molecule has 0 heterocycles. The molecule has 0 saturated heterocycles. The fraction of sp³-hybridized carbons (Fsp3) is 0.647. The molecule has 0 spiro atoms. The van der Waals surface area contributed by atoms with Crippen LogP contribution in [-0.4, -0.2) is 45.2 Å². The molecule has 0 aromatic heterocycles. The van der Waals surface area contributed by atoms with E-state index in [1.54, 1.807) is 0 Å². The number of nitrogens with one attached hydrogen (secondary N) is 1. The quantitative estimate of drug-likeness (QED) is 0.663. The van der Waals surface area contributed by atoms with Crippen LogP contribution in [0, 0.1) is 0 Å². The van der Waals surface area contributed by atoms with Gasteiger partial charge in [0, 0.05) is 25.3 Å². The second-order valence-corrected chi connectivity index (χ2v) is 5.54. The Kier molecular flexibility index (Phi) is 8.31. The van der Waals surface area contributed by atoms with Gasteiger partial charge in [0.2, 0.25) is 0 Å². The molecule has 0 amide bonds. The van der Waals surface area contributed by atoms with E-state index in [1.165, 1.54) is 24.1 Å². The van der Waals surface area contributed by atoms with E-state index >= 15 is 0 Å². The first kappa shape index (κ1) is 17.0. The van der Waals surface area contributed by atoms with Gasteiger partial charge in [0.05, 0.1) is 0 Å². The molecule has 1 aromatic rings. The lowest BCUT2D eigenvalue weighted by molar-refractivity contribution is 0.400. The van der Waals surface area contributed by atoms with E-state index in [4.69, 9.17) is 0 Å². The van der Waals surface area contributed by atoms with Crippen LogP contribution in [0.4, 0.5) is 5.69 Å². The maximum Gasteiger partial charge on any atom is 0.0411 e. The lowest BCUT2D eigenvalue weighted by Crippen LogP contribution is -2.28. The van der Waals surface area contributed by atoms with E-state index < -0.39 is 0 Å². The topological polar surface area (TPSA) is 18.5 Å². The molecule has 1 aromatic carbocycles. The molecule has 0 unspecified atom stereocenters. The van der Waals surface area contributed by atoms with Gasteiger partial charge in [-0.1, -0.05) is 25.1 Å². The van der Waals surface area contributed by atoms with Crippen LogP contribution in [-0.2, 0) is 6.54 Å². The van der Waals surface area contributed by atoms with E-state index in [0.29, 0.717) is 0 Å². The van der Waals surface area contributed by atoms with Crippen LogP contribution >= 0.6 is 0 Å². The Labute approximate surface area is 125 Å². The first-order valence-electron chi connectivity index (χ1n) is 7.87. The summed E-state index contributed by atoms with van der Waals surface area (Å²) in [6.07, 6.45) is 2.39. The summed E-state index contributed by atoms with van der Waals surface area (Å²) in [5.41, 5.74) is 2.80. The minimum Gasteiger partial charge on any atom is -0.372 e. The molecule has 1 rings (SSSR count). The molecule has 0 radical (unpaired) electrons. The smallest absolute Gasteiger partial charge is 0.0411 e. The van der Waals surface area contributed by atoms with Gasteiger partial charge in [0.25, 0.3) is 0 Å². The number of anilines is 1. The van der Waals surface area contributed by atoms with Crippen LogP contribution in [0.1, 0.15) is 32.3 Å². The van der Waals surface area contributed by atoms with E-state index in [0.717, 1.165) is 32.7 Å². The summed E-state index contributed by atoms with van der Waals surface area (Å²) in [6, 6.07) is 8.78. The van der Waals surface area contributed by atoms with Crippen LogP contribution < -0.4 is 10.2 Å². The average molecular weight is 277 g/mol. The molecule has 0 saturated carbocycles. The Hall–Kier alpha value is -1.06. The molecule has 0 bridgehead atoms. The van der Waals surface area contributed by atoms with Gasteiger partial charge in [0.1, 0.15) is 0 Å². The fourth-order valence-corrected chi connectivity index (χ4v) is 2.40. The van der Waals surface area contributed by atoms with Crippen molar-refractivity contribution in [2.45, 2.75) is 33.2 Å². The number of hydrogen-bond donors (Lipinski definition) is 1. The Balaban J connectivity index is 2.65. The van der Waals surface area contributed by atoms with Crippen molar-refractivity contribution in [3.05, 3.63) is 29.8 Å². The molecule has 1 N–H and O–H groups in total. The van der Waals surface area contributed by atoms with Crippen LogP contribution in [0.5, 0.6) is 0 Å². The normalized spacial score (nSPS) is 11.1. The summed E-state index contributed by atoms with van der Waals surface area (Å²) >= 11 is 0. The Bertz CT molecular complexity index is 363. The van der Waals surface area contributed by atoms with Gasteiger partial charge >= 0.3 is 0 Å². The highest BCUT2D eigenvalue weighted by Crippen LogP contribution is 2.20. The van der Waals surface area contributed by atoms with Gasteiger partial charge in [-0.3, -0.25) is 0 Å². The minimum absolute atomic E-state index is 0.966. The monoisotopic (exact) mass is 277 g/mol. The SMILES string of the molecule is CCCNCc1ccccc1N(CC)CCCN(C)C. The summed E-state index contributed by atoms with van der Waals surface area (Å²) in [5.74, 6) is 0. The lowest BCUT2D eigenvalue weighted by atomic mass is 10.1. The van der Waals surface area contributed by atoms with E-state index in [1.807, 2.05) is 0 Å². The number of nitrogens with zero attached hydrogens (tertiary/aromatic N) is 2. The zero-order chi connectivity index (χ0) is 14.8. The maximum absolute atomic E-state index is 3.51. The highest BCUT2D eigenvalue weighted by molar-refractivity contribution is 5.53. The van der Waals surface area contributed by atoms with Crippen molar-refractivity contribution in [3.8, 4) is 0 Å². The number of para-hydroxylation sites is 1. The van der Waals surface area contributed by atoms with E-state index in [2.05, 4.69) is 67.3 Å². The van der Waals surface area contributed by atoms with Crippen LogP contribution in [0.15, 0.2) is 24.3 Å². The van der Waals surface area contributed by atoms with Crippen molar-refractivity contribution in [1.82, 2.24) is 10.2 Å². The molecular formula is C17H31N3. The standard InChI is InChI=1S/C17H31N3/c1-5-12-18-15-16-10-7-8-11-17(16)20(6-2)14-9-13-19(3)4/h7-8,10-11,18H,5-6,9,12-15H2,1-4H3. The molecule has 0 fully saturated rings. The Morgan fingerprint density at radius 2 is 1.80 bits per heavy atom. The second kappa shape index (κ2) is 9.78. The van der Waals surface area contributed by atoms with Crippen molar-refractivity contribution in [1.29, 1.82) is 0 Å². The summed E-state index contributed by atoms with van der Waals surface area (Å²) in [7, 11) is 4.28. The van der Waals surface area contributed by atoms with Gasteiger partial charge in [-0.2, -0.15) is 0 Å². The van der Waals surface area contributed by atoms with Crippen molar-refractivity contribution in [2.75, 3.05) is 45.2 Å². The Morgan fingerprint density at radius 3 is 2.45 bits per heavy atom. The van der Waals surface area contributed by atoms with Crippen molar-refractivity contribution in [3.63, 3.8) is 0 Å². The first-order chi connectivity index (χ1) is 9.69. The number of rotatable bonds is 10. The average Bonchev–Trinajstić information content (AvgIpc) is 2.44. The van der Waals surface area contributed by atoms with Crippen LogP contribution in [0.3, 0.4) is 0 Å². The minimum atomic E-state index is 0.966. The van der Waals surface area contributed by atoms with Crippen molar-refractivity contribution < 1.29 is 0 Å². The van der Waals surface area contributed by atoms with E-state index in [-0.39, 0.29) is 0 Å². The van der Waals surface area contributed by atoms with Crippen LogP contribution in [0.2, 0.25) is 0 Å². The fourth-order valence-electron chi connectivity index (χ4n) is 2.40. The van der Waals surface area contributed by atoms with Crippen LogP contribution in [0.25, 0.3) is 0 Å². The molecule has 0 aliphatic rings. The summed E-state index contributed by atoms with van der Waals surface area (Å²) in [6.45, 7) is 9.84. The molecular weight excluding hydrogens is 246 g/mol. The van der Waals surface area contributed by atoms with Gasteiger partial charge in [-0.25, -0.2) is 0 Å². The van der Waals surface area contributed by atoms with Crippen molar-refractivity contribution >= 4 is 5.69 Å². The largest absolute Gasteiger partial charge is 0.372 e. The third kappa shape index (κ3) is 5.93. The predicted molar refractivity (Wildman–Crippen MR) is 89.5 cm³/mol. The maximum atomic E-state index is 3.51. The Morgan fingerprint density at radius 1 is 1.05 bits per heavy atom. The van der Waals surface area contributed by atoms with Crippen molar-refractivity contribution in [2.24, 2.45) is 0 Å². The number of hydrogen-bond acceptors (Lipinski definition) is 3. The van der Waals surface area contributed by atoms with E-state index in [9.17, 15) is 0 Å². The summed E-state index contributed by atoms with van der Waals surface area (Å²) in [4.78, 5) is 4.75. The molecule has 0 aliphatic carbocycles. The van der Waals surface area contributed by atoms with Gasteiger partial charge in [-0.15, -0.1) is 0 Å². The second-order valence-electron chi connectivity index (χ2n) is 5.54. The zero-order valence-electron chi connectivity index (χ0n) is 13.7. The highest BCUT2D eigenvalue weighted by atomic mass is 15.1.